The smallest absolute Gasteiger partial charge is 0.335 e. The van der Waals surface area contributed by atoms with E-state index in [2.05, 4.69) is 9.71 Å². The van der Waals surface area contributed by atoms with E-state index in [0.29, 0.717) is 10.6 Å². The van der Waals surface area contributed by atoms with Crippen LogP contribution in [0.15, 0.2) is 52.9 Å². The molecule has 0 saturated carbocycles. The Labute approximate surface area is 170 Å². The van der Waals surface area contributed by atoms with Crippen molar-refractivity contribution in [2.45, 2.75) is 25.0 Å². The lowest BCUT2D eigenvalue weighted by Gasteiger charge is -2.16. The predicted octanol–water partition coefficient (Wildman–Crippen LogP) is 4.24. The number of sulfonamides is 1. The van der Waals surface area contributed by atoms with Crippen LogP contribution in [0.4, 0.5) is 10.1 Å². The summed E-state index contributed by atoms with van der Waals surface area (Å²) in [5, 5.41) is 10.7. The fourth-order valence-electron chi connectivity index (χ4n) is 2.40. The lowest BCUT2D eigenvalue weighted by molar-refractivity contribution is 0.0696. The van der Waals surface area contributed by atoms with Crippen molar-refractivity contribution in [2.24, 2.45) is 0 Å². The summed E-state index contributed by atoms with van der Waals surface area (Å²) < 4.78 is 46.5. The van der Waals surface area contributed by atoms with Crippen LogP contribution in [0.1, 0.15) is 24.2 Å². The summed E-state index contributed by atoms with van der Waals surface area (Å²) in [6, 6.07) is 9.41. The van der Waals surface area contributed by atoms with E-state index in [1.165, 1.54) is 47.8 Å². The summed E-state index contributed by atoms with van der Waals surface area (Å²) in [5.41, 5.74) is 0.656. The third-order valence-electron chi connectivity index (χ3n) is 3.69. The molecule has 0 unspecified atom stereocenters. The minimum absolute atomic E-state index is 0.0316. The Kier molecular flexibility index (Phi) is 5.85. The first-order valence-electron chi connectivity index (χ1n) is 8.44. The zero-order valence-electron chi connectivity index (χ0n) is 15.4. The van der Waals surface area contributed by atoms with Crippen molar-refractivity contribution < 1.29 is 27.4 Å². The number of anilines is 1. The molecular formula is C19H17FN2O5S2. The summed E-state index contributed by atoms with van der Waals surface area (Å²) in [7, 11) is -4.05. The molecule has 7 nitrogen and oxygen atoms in total. The number of halogens is 1. The molecule has 1 heterocycles. The van der Waals surface area contributed by atoms with Crippen LogP contribution in [-0.2, 0) is 10.0 Å². The molecule has 2 N–H and O–H groups in total. The van der Waals surface area contributed by atoms with Crippen LogP contribution in [0.3, 0.4) is 0 Å². The van der Waals surface area contributed by atoms with Gasteiger partial charge in [-0.3, -0.25) is 4.72 Å². The minimum Gasteiger partial charge on any atom is -0.489 e. The van der Waals surface area contributed by atoms with Gasteiger partial charge in [-0.1, -0.05) is 0 Å². The highest BCUT2D eigenvalue weighted by atomic mass is 32.2. The van der Waals surface area contributed by atoms with E-state index in [1.807, 2.05) is 0 Å². The summed E-state index contributed by atoms with van der Waals surface area (Å²) in [5.74, 6) is -1.46. The van der Waals surface area contributed by atoms with Crippen LogP contribution in [0.2, 0.25) is 0 Å². The van der Waals surface area contributed by atoms with Gasteiger partial charge in [-0.25, -0.2) is 14.2 Å². The lowest BCUT2D eigenvalue weighted by Crippen LogP contribution is -2.16. The molecule has 0 amide bonds. The number of ether oxygens (including phenoxy) is 1. The Morgan fingerprint density at radius 3 is 2.52 bits per heavy atom. The zero-order chi connectivity index (χ0) is 21.2. The van der Waals surface area contributed by atoms with Gasteiger partial charge in [0.1, 0.15) is 16.6 Å². The second kappa shape index (κ2) is 8.18. The number of hydrogen-bond acceptors (Lipinski definition) is 6. The van der Waals surface area contributed by atoms with E-state index in [9.17, 15) is 17.6 Å². The molecular weight excluding hydrogens is 419 g/mol. The molecule has 10 heteroatoms. The van der Waals surface area contributed by atoms with Crippen LogP contribution in [0, 0.1) is 5.82 Å². The van der Waals surface area contributed by atoms with Crippen molar-refractivity contribution in [2.75, 3.05) is 4.72 Å². The molecule has 0 atom stereocenters. The Balaban J connectivity index is 1.91. The van der Waals surface area contributed by atoms with E-state index < -0.39 is 21.8 Å². The van der Waals surface area contributed by atoms with Crippen LogP contribution in [-0.4, -0.2) is 30.6 Å². The normalized spacial score (nSPS) is 11.4. The van der Waals surface area contributed by atoms with E-state index in [1.54, 1.807) is 13.8 Å². The number of nitrogens with one attached hydrogen (secondary N) is 1. The fourth-order valence-corrected chi connectivity index (χ4v) is 4.57. The monoisotopic (exact) mass is 436 g/mol. The Bertz CT molecular complexity index is 1140. The Morgan fingerprint density at radius 2 is 1.90 bits per heavy atom. The Morgan fingerprint density at radius 1 is 1.21 bits per heavy atom. The van der Waals surface area contributed by atoms with E-state index in [0.717, 1.165) is 11.3 Å². The number of benzene rings is 2. The average molecular weight is 436 g/mol. The summed E-state index contributed by atoms with van der Waals surface area (Å²) in [6.45, 7) is 3.47. The van der Waals surface area contributed by atoms with Gasteiger partial charge < -0.3 is 9.84 Å². The summed E-state index contributed by atoms with van der Waals surface area (Å²) >= 11 is 1.11. The highest BCUT2D eigenvalue weighted by Gasteiger charge is 2.22. The van der Waals surface area contributed by atoms with Crippen molar-refractivity contribution in [3.63, 3.8) is 0 Å². The number of aromatic nitrogens is 1. The molecule has 0 aliphatic rings. The maximum absolute atomic E-state index is 13.1. The third-order valence-corrected chi connectivity index (χ3v) is 5.97. The van der Waals surface area contributed by atoms with Gasteiger partial charge in [-0.2, -0.15) is 8.42 Å². The van der Waals surface area contributed by atoms with Gasteiger partial charge in [0.05, 0.1) is 17.4 Å². The average Bonchev–Trinajstić information content (AvgIpc) is 3.14. The standard InChI is InChI=1S/C19H17FN2O5S2/c1-11(2)27-16-9-13(19(23)24)5-8-15(16)22-29(25,26)17-10-28-18(21-17)12-3-6-14(20)7-4-12/h3-11,22H,1-2H3,(H,23,24). The number of aromatic carboxylic acids is 1. The SMILES string of the molecule is CC(C)Oc1cc(C(=O)O)ccc1NS(=O)(=O)c1csc(-c2ccc(F)cc2)n1. The Hall–Kier alpha value is -2.98. The number of carbonyl (C=O) groups is 1. The molecule has 0 fully saturated rings. The van der Waals surface area contributed by atoms with Gasteiger partial charge in [0.2, 0.25) is 0 Å². The van der Waals surface area contributed by atoms with Crippen molar-refractivity contribution in [1.29, 1.82) is 0 Å². The van der Waals surface area contributed by atoms with E-state index in [-0.39, 0.29) is 28.1 Å². The van der Waals surface area contributed by atoms with E-state index >= 15 is 0 Å². The molecule has 29 heavy (non-hydrogen) atoms. The number of carboxylic acid groups (broad SMARTS) is 1. The van der Waals surface area contributed by atoms with E-state index in [4.69, 9.17) is 9.84 Å². The first kappa shape index (κ1) is 20.7. The molecule has 2 aromatic carbocycles. The number of hydrogen-bond donors (Lipinski definition) is 2. The van der Waals surface area contributed by atoms with Crippen molar-refractivity contribution in [3.05, 3.63) is 59.2 Å². The van der Waals surface area contributed by atoms with Gasteiger partial charge in [-0.05, 0) is 56.3 Å². The topological polar surface area (TPSA) is 106 Å². The molecule has 0 saturated heterocycles. The largest absolute Gasteiger partial charge is 0.489 e. The molecule has 152 valence electrons. The number of nitrogens with zero attached hydrogens (tertiary/aromatic N) is 1. The first-order chi connectivity index (χ1) is 13.7. The molecule has 1 aromatic heterocycles. The van der Waals surface area contributed by atoms with Crippen molar-refractivity contribution in [3.8, 4) is 16.3 Å². The number of carboxylic acids is 1. The summed E-state index contributed by atoms with van der Waals surface area (Å²) in [4.78, 5) is 15.3. The van der Waals surface area contributed by atoms with Crippen LogP contribution in [0.25, 0.3) is 10.6 Å². The zero-order valence-corrected chi connectivity index (χ0v) is 17.1. The van der Waals surface area contributed by atoms with Gasteiger partial charge in [0.15, 0.2) is 5.03 Å². The predicted molar refractivity (Wildman–Crippen MR) is 107 cm³/mol. The van der Waals surface area contributed by atoms with Crippen LogP contribution in [0.5, 0.6) is 5.75 Å². The van der Waals surface area contributed by atoms with Gasteiger partial charge in [-0.15, -0.1) is 11.3 Å². The molecule has 0 aliphatic heterocycles. The lowest BCUT2D eigenvalue weighted by atomic mass is 10.2. The number of thiazole rings is 1. The third kappa shape index (κ3) is 4.90. The molecule has 3 aromatic rings. The second-order valence-corrected chi connectivity index (χ2v) is 8.77. The first-order valence-corrected chi connectivity index (χ1v) is 10.8. The van der Waals surface area contributed by atoms with Gasteiger partial charge >= 0.3 is 5.97 Å². The maximum Gasteiger partial charge on any atom is 0.335 e. The molecule has 0 spiro atoms. The van der Waals surface area contributed by atoms with Gasteiger partial charge in [0.25, 0.3) is 10.0 Å². The second-order valence-electron chi connectivity index (χ2n) is 6.29. The fraction of sp³-hybridized carbons (Fsp3) is 0.158. The highest BCUT2D eigenvalue weighted by molar-refractivity contribution is 7.92. The molecule has 0 aliphatic carbocycles. The molecule has 0 radical (unpaired) electrons. The van der Waals surface area contributed by atoms with Gasteiger partial charge in [0, 0.05) is 10.9 Å². The van der Waals surface area contributed by atoms with Crippen LogP contribution < -0.4 is 9.46 Å². The maximum atomic E-state index is 13.1. The molecule has 0 bridgehead atoms. The van der Waals surface area contributed by atoms with Crippen molar-refractivity contribution in [1.82, 2.24) is 4.98 Å². The summed E-state index contributed by atoms with van der Waals surface area (Å²) in [6.07, 6.45) is -0.299. The quantitative estimate of drug-likeness (QED) is 0.574. The van der Waals surface area contributed by atoms with Crippen molar-refractivity contribution >= 4 is 33.0 Å². The number of rotatable bonds is 7. The molecule has 3 rings (SSSR count). The minimum atomic E-state index is -4.05. The van der Waals surface area contributed by atoms with Crippen LogP contribution >= 0.6 is 11.3 Å². The highest BCUT2D eigenvalue weighted by Crippen LogP contribution is 2.31.